The summed E-state index contributed by atoms with van der Waals surface area (Å²) in [6, 6.07) is 19.3. The first kappa shape index (κ1) is 33.3. The maximum Gasteiger partial charge on any atom is 0.260 e. The highest BCUT2D eigenvalue weighted by molar-refractivity contribution is 5.89. The van der Waals surface area contributed by atoms with E-state index in [2.05, 4.69) is 15.9 Å². The molecule has 3 rings (SSSR count). The number of aromatic nitrogens is 2. The van der Waals surface area contributed by atoms with Crippen LogP contribution in [0.2, 0.25) is 0 Å². The van der Waals surface area contributed by atoms with Crippen LogP contribution in [0.15, 0.2) is 85.5 Å². The standard InChI is InChI=1S/C34H45N5O4/c1-5-27(4)22-39(32(40)23-38-20-19-35-25-38)36-33(41)31(21-26(2)3)30(18-12-17-28-13-8-6-9-14-28)34(42)37-43-24-29-15-10-7-11-16-29/h6-17,19-20,25-27,30-31H,5,18,21-24H2,1-4H3,(H,36,41)(H,37,42)/t27-,30-,31+/m0/s1. The molecule has 0 aliphatic carbocycles. The molecule has 43 heavy (non-hydrogen) atoms. The number of carbonyl (C=O) groups excluding carboxylic acids is 3. The number of hydroxylamine groups is 1. The molecule has 0 bridgehead atoms. The van der Waals surface area contributed by atoms with Crippen LogP contribution in [0, 0.1) is 23.7 Å². The van der Waals surface area contributed by atoms with Crippen molar-refractivity contribution in [3.8, 4) is 0 Å². The number of carbonyl (C=O) groups is 3. The summed E-state index contributed by atoms with van der Waals surface area (Å²) in [7, 11) is 0. The van der Waals surface area contributed by atoms with Crippen LogP contribution in [0.3, 0.4) is 0 Å². The third-order valence-corrected chi connectivity index (χ3v) is 7.25. The second-order valence-electron chi connectivity index (χ2n) is 11.4. The molecule has 0 saturated carbocycles. The number of hydrazine groups is 1. The summed E-state index contributed by atoms with van der Waals surface area (Å²) in [5.41, 5.74) is 7.39. The van der Waals surface area contributed by atoms with Crippen LogP contribution in [-0.2, 0) is 32.4 Å². The lowest BCUT2D eigenvalue weighted by Gasteiger charge is -2.31. The van der Waals surface area contributed by atoms with E-state index >= 15 is 0 Å². The van der Waals surface area contributed by atoms with E-state index in [1.807, 2.05) is 101 Å². The van der Waals surface area contributed by atoms with Gasteiger partial charge < -0.3 is 4.57 Å². The van der Waals surface area contributed by atoms with Crippen molar-refractivity contribution in [3.63, 3.8) is 0 Å². The van der Waals surface area contributed by atoms with Crippen LogP contribution in [0.4, 0.5) is 0 Å². The molecule has 9 nitrogen and oxygen atoms in total. The number of benzene rings is 2. The van der Waals surface area contributed by atoms with Crippen LogP contribution < -0.4 is 10.9 Å². The highest BCUT2D eigenvalue weighted by Gasteiger charge is 2.35. The van der Waals surface area contributed by atoms with Gasteiger partial charge in [0.05, 0.1) is 24.8 Å². The van der Waals surface area contributed by atoms with Crippen LogP contribution in [-0.4, -0.2) is 38.8 Å². The number of allylic oxidation sites excluding steroid dienone is 1. The van der Waals surface area contributed by atoms with Gasteiger partial charge in [-0.25, -0.2) is 10.5 Å². The van der Waals surface area contributed by atoms with Crippen molar-refractivity contribution in [1.29, 1.82) is 0 Å². The summed E-state index contributed by atoms with van der Waals surface area (Å²) < 4.78 is 1.67. The normalized spacial score (nSPS) is 13.4. The van der Waals surface area contributed by atoms with Crippen molar-refractivity contribution in [1.82, 2.24) is 25.5 Å². The van der Waals surface area contributed by atoms with Gasteiger partial charge in [0, 0.05) is 18.9 Å². The minimum absolute atomic E-state index is 0.0443. The maximum absolute atomic E-state index is 14.0. The summed E-state index contributed by atoms with van der Waals surface area (Å²) in [5.74, 6) is -2.16. The van der Waals surface area contributed by atoms with Crippen molar-refractivity contribution in [2.24, 2.45) is 23.7 Å². The Kier molecular flexibility index (Phi) is 13.7. The van der Waals surface area contributed by atoms with Crippen LogP contribution in [0.25, 0.3) is 6.08 Å². The zero-order valence-electron chi connectivity index (χ0n) is 25.7. The van der Waals surface area contributed by atoms with Crippen LogP contribution >= 0.6 is 0 Å². The SMILES string of the molecule is CC[C@H](C)CN(NC(=O)[C@H](CC(C)C)[C@H](CC=Cc1ccccc1)C(=O)NOCc1ccccc1)C(=O)Cn1ccnc1. The average molecular weight is 588 g/mol. The van der Waals surface area contributed by atoms with E-state index in [-0.39, 0.29) is 42.7 Å². The Labute approximate surface area is 255 Å². The molecule has 1 heterocycles. The topological polar surface area (TPSA) is 106 Å². The summed E-state index contributed by atoms with van der Waals surface area (Å²) in [5, 5.41) is 1.39. The molecule has 9 heteroatoms. The van der Waals surface area contributed by atoms with E-state index in [1.54, 1.807) is 23.3 Å². The molecule has 0 saturated heterocycles. The lowest BCUT2D eigenvalue weighted by molar-refractivity contribution is -0.149. The predicted molar refractivity (Wildman–Crippen MR) is 167 cm³/mol. The Morgan fingerprint density at radius 1 is 0.977 bits per heavy atom. The Bertz CT molecular complexity index is 1280. The molecule has 3 atom stereocenters. The number of imidazole rings is 1. The Balaban J connectivity index is 1.82. The summed E-state index contributed by atoms with van der Waals surface area (Å²) in [4.78, 5) is 50.5. The van der Waals surface area contributed by atoms with Crippen molar-refractivity contribution < 1.29 is 19.2 Å². The molecular weight excluding hydrogens is 542 g/mol. The van der Waals surface area contributed by atoms with Gasteiger partial charge in [0.1, 0.15) is 6.54 Å². The quantitative estimate of drug-likeness (QED) is 0.218. The zero-order valence-corrected chi connectivity index (χ0v) is 25.7. The number of nitrogens with zero attached hydrogens (tertiary/aromatic N) is 3. The van der Waals surface area contributed by atoms with E-state index in [1.165, 1.54) is 5.01 Å². The van der Waals surface area contributed by atoms with E-state index in [4.69, 9.17) is 4.84 Å². The summed E-state index contributed by atoms with van der Waals surface area (Å²) in [6.07, 6.45) is 10.3. The van der Waals surface area contributed by atoms with E-state index < -0.39 is 11.8 Å². The fraction of sp³-hybridized carbons (Fsp3) is 0.412. The average Bonchev–Trinajstić information content (AvgIpc) is 3.51. The van der Waals surface area contributed by atoms with Gasteiger partial charge in [-0.2, -0.15) is 0 Å². The second kappa shape index (κ2) is 17.7. The van der Waals surface area contributed by atoms with E-state index in [0.717, 1.165) is 17.5 Å². The summed E-state index contributed by atoms with van der Waals surface area (Å²) >= 11 is 0. The van der Waals surface area contributed by atoms with Gasteiger partial charge in [-0.05, 0) is 35.8 Å². The monoisotopic (exact) mass is 587 g/mol. The first-order valence-corrected chi connectivity index (χ1v) is 15.0. The molecule has 3 aromatic rings. The Morgan fingerprint density at radius 3 is 2.30 bits per heavy atom. The molecule has 0 spiro atoms. The second-order valence-corrected chi connectivity index (χ2v) is 11.4. The fourth-order valence-corrected chi connectivity index (χ4v) is 4.66. The van der Waals surface area contributed by atoms with Crippen molar-refractivity contribution in [2.45, 2.75) is 60.1 Å². The van der Waals surface area contributed by atoms with Gasteiger partial charge in [-0.3, -0.25) is 29.7 Å². The number of rotatable bonds is 16. The third kappa shape index (κ3) is 11.5. The fourth-order valence-electron chi connectivity index (χ4n) is 4.66. The van der Waals surface area contributed by atoms with Gasteiger partial charge in [0.25, 0.3) is 5.91 Å². The number of amides is 3. The lowest BCUT2D eigenvalue weighted by atomic mass is 9.82. The first-order valence-electron chi connectivity index (χ1n) is 15.0. The maximum atomic E-state index is 14.0. The predicted octanol–water partition coefficient (Wildman–Crippen LogP) is 5.42. The van der Waals surface area contributed by atoms with Crippen molar-refractivity contribution >= 4 is 23.8 Å². The molecule has 2 N–H and O–H groups in total. The van der Waals surface area contributed by atoms with E-state index in [9.17, 15) is 14.4 Å². The molecule has 230 valence electrons. The number of nitrogens with one attached hydrogen (secondary N) is 2. The third-order valence-electron chi connectivity index (χ3n) is 7.25. The van der Waals surface area contributed by atoms with E-state index in [0.29, 0.717) is 19.4 Å². The molecular formula is C34H45N5O4. The van der Waals surface area contributed by atoms with Crippen molar-refractivity contribution in [3.05, 3.63) is 96.6 Å². The summed E-state index contributed by atoms with van der Waals surface area (Å²) in [6.45, 7) is 8.71. The van der Waals surface area contributed by atoms with Gasteiger partial charge in [0.15, 0.2) is 0 Å². The van der Waals surface area contributed by atoms with Crippen LogP contribution in [0.1, 0.15) is 58.1 Å². The Morgan fingerprint density at radius 2 is 1.67 bits per heavy atom. The minimum Gasteiger partial charge on any atom is -0.328 e. The molecule has 0 fully saturated rings. The van der Waals surface area contributed by atoms with Gasteiger partial charge in [-0.15, -0.1) is 0 Å². The highest BCUT2D eigenvalue weighted by atomic mass is 16.6. The Hall–Kier alpha value is -4.24. The van der Waals surface area contributed by atoms with Gasteiger partial charge >= 0.3 is 0 Å². The molecule has 0 unspecified atom stereocenters. The number of hydrogen-bond donors (Lipinski definition) is 2. The molecule has 3 amide bonds. The molecule has 2 aromatic carbocycles. The smallest absolute Gasteiger partial charge is 0.260 e. The lowest BCUT2D eigenvalue weighted by Crippen LogP contribution is -2.53. The molecule has 1 aromatic heterocycles. The largest absolute Gasteiger partial charge is 0.328 e. The van der Waals surface area contributed by atoms with Gasteiger partial charge in [0.2, 0.25) is 11.8 Å². The first-order chi connectivity index (χ1) is 20.8. The number of hydrogen-bond acceptors (Lipinski definition) is 5. The van der Waals surface area contributed by atoms with Crippen molar-refractivity contribution in [2.75, 3.05) is 6.54 Å². The molecule has 0 radical (unpaired) electrons. The molecule has 0 aliphatic heterocycles. The minimum atomic E-state index is -0.729. The highest BCUT2D eigenvalue weighted by Crippen LogP contribution is 2.26. The molecule has 0 aliphatic rings. The van der Waals surface area contributed by atoms with Crippen LogP contribution in [0.5, 0.6) is 0 Å². The van der Waals surface area contributed by atoms with Gasteiger partial charge in [-0.1, -0.05) is 107 Å². The zero-order chi connectivity index (χ0) is 31.0.